The van der Waals surface area contributed by atoms with Crippen LogP contribution in [0.3, 0.4) is 0 Å². The molecular weight excluding hydrogens is 310 g/mol. The zero-order valence-corrected chi connectivity index (χ0v) is 14.0. The van der Waals surface area contributed by atoms with Gasteiger partial charge < -0.3 is 28.6 Å². The molecule has 3 rings (SSSR count). The number of phenolic OH excluding ortho intramolecular Hbond substituents is 1. The van der Waals surface area contributed by atoms with E-state index in [1.54, 1.807) is 33.5 Å². The molecule has 1 N–H and O–H groups in total. The molecule has 1 heterocycles. The molecule has 24 heavy (non-hydrogen) atoms. The summed E-state index contributed by atoms with van der Waals surface area (Å²) >= 11 is 0. The van der Waals surface area contributed by atoms with E-state index in [0.29, 0.717) is 23.0 Å². The number of methoxy groups -OCH3 is 4. The number of hydrogen-bond acceptors (Lipinski definition) is 5. The molecule has 0 aliphatic rings. The third kappa shape index (κ3) is 2.36. The lowest BCUT2D eigenvalue weighted by molar-refractivity contribution is 0.326. The monoisotopic (exact) mass is 329 g/mol. The summed E-state index contributed by atoms with van der Waals surface area (Å²) in [5, 5.41) is 11.0. The Balaban J connectivity index is 2.28. The highest BCUT2D eigenvalue weighted by atomic mass is 16.5. The number of aromatic nitrogens is 1. The number of fused-ring (bicyclic) bond motifs is 1. The fraction of sp³-hybridized carbons (Fsp3) is 0.222. The van der Waals surface area contributed by atoms with Crippen LogP contribution in [-0.2, 0) is 0 Å². The summed E-state index contributed by atoms with van der Waals surface area (Å²) in [4.78, 5) is 0. The smallest absolute Gasteiger partial charge is 0.205 e. The molecule has 0 saturated heterocycles. The van der Waals surface area contributed by atoms with Crippen LogP contribution in [0.1, 0.15) is 0 Å². The largest absolute Gasteiger partial charge is 0.504 e. The Labute approximate surface area is 139 Å². The van der Waals surface area contributed by atoms with Gasteiger partial charge in [0.2, 0.25) is 5.75 Å². The van der Waals surface area contributed by atoms with Crippen LogP contribution in [0.25, 0.3) is 16.6 Å². The van der Waals surface area contributed by atoms with E-state index in [2.05, 4.69) is 0 Å². The highest BCUT2D eigenvalue weighted by molar-refractivity contribution is 5.92. The van der Waals surface area contributed by atoms with Crippen molar-refractivity contribution >= 4 is 10.9 Å². The van der Waals surface area contributed by atoms with E-state index >= 15 is 0 Å². The highest BCUT2D eigenvalue weighted by Crippen LogP contribution is 2.44. The van der Waals surface area contributed by atoms with E-state index < -0.39 is 0 Å². The zero-order valence-electron chi connectivity index (χ0n) is 14.0. The fourth-order valence-electron chi connectivity index (χ4n) is 2.81. The molecule has 0 unspecified atom stereocenters. The van der Waals surface area contributed by atoms with Gasteiger partial charge in [-0.05, 0) is 24.3 Å². The van der Waals surface area contributed by atoms with Crippen molar-refractivity contribution in [3.05, 3.63) is 36.5 Å². The van der Waals surface area contributed by atoms with E-state index in [4.69, 9.17) is 18.9 Å². The Morgan fingerprint density at radius 2 is 1.50 bits per heavy atom. The summed E-state index contributed by atoms with van der Waals surface area (Å²) < 4.78 is 23.4. The van der Waals surface area contributed by atoms with Gasteiger partial charge in [-0.1, -0.05) is 0 Å². The molecule has 2 aromatic carbocycles. The van der Waals surface area contributed by atoms with Crippen molar-refractivity contribution in [3.8, 4) is 34.4 Å². The summed E-state index contributed by atoms with van der Waals surface area (Å²) in [5.74, 6) is 2.16. The van der Waals surface area contributed by atoms with Crippen LogP contribution in [0.2, 0.25) is 0 Å². The van der Waals surface area contributed by atoms with Gasteiger partial charge in [-0.2, -0.15) is 0 Å². The number of ether oxygens (including phenoxy) is 4. The lowest BCUT2D eigenvalue weighted by Crippen LogP contribution is -1.99. The second kappa shape index (κ2) is 6.23. The van der Waals surface area contributed by atoms with Gasteiger partial charge in [0.1, 0.15) is 0 Å². The molecule has 126 valence electrons. The van der Waals surface area contributed by atoms with Gasteiger partial charge in [0.25, 0.3) is 0 Å². The molecule has 3 aromatic rings. The Morgan fingerprint density at radius 1 is 0.792 bits per heavy atom. The minimum atomic E-state index is 0.0660. The Kier molecular flexibility index (Phi) is 4.12. The van der Waals surface area contributed by atoms with Gasteiger partial charge >= 0.3 is 0 Å². The molecule has 0 saturated carbocycles. The van der Waals surface area contributed by atoms with E-state index in [0.717, 1.165) is 16.6 Å². The molecule has 0 bridgehead atoms. The van der Waals surface area contributed by atoms with E-state index in [-0.39, 0.29) is 5.75 Å². The molecular formula is C18H19NO5. The Bertz CT molecular complexity index is 885. The van der Waals surface area contributed by atoms with Crippen molar-refractivity contribution in [2.45, 2.75) is 0 Å². The van der Waals surface area contributed by atoms with Crippen LogP contribution in [0.15, 0.2) is 36.5 Å². The van der Waals surface area contributed by atoms with Gasteiger partial charge in [-0.25, -0.2) is 0 Å². The molecule has 6 heteroatoms. The molecule has 0 aliphatic heterocycles. The first-order valence-corrected chi connectivity index (χ1v) is 7.32. The number of rotatable bonds is 5. The standard InChI is InChI=1S/C18H19NO5/c1-21-14-6-5-12(10-13(14)20)19-8-7-11-9-15(22-2)17(23-3)18(24-4)16(11)19/h5-10,20H,1-4H3. The lowest BCUT2D eigenvalue weighted by atomic mass is 10.2. The summed E-state index contributed by atoms with van der Waals surface area (Å²) in [5.41, 5.74) is 1.59. The first kappa shape index (κ1) is 15.9. The van der Waals surface area contributed by atoms with Gasteiger partial charge in [-0.15, -0.1) is 0 Å². The maximum Gasteiger partial charge on any atom is 0.205 e. The second-order valence-electron chi connectivity index (χ2n) is 5.13. The number of benzene rings is 2. The topological polar surface area (TPSA) is 62.1 Å². The highest BCUT2D eigenvalue weighted by Gasteiger charge is 2.19. The summed E-state index contributed by atoms with van der Waals surface area (Å²) in [7, 11) is 6.25. The van der Waals surface area contributed by atoms with E-state index in [1.807, 2.05) is 29.0 Å². The quantitative estimate of drug-likeness (QED) is 0.777. The average molecular weight is 329 g/mol. The SMILES string of the molecule is COc1ccc(-n2ccc3cc(OC)c(OC)c(OC)c32)cc1O. The van der Waals surface area contributed by atoms with Crippen molar-refractivity contribution in [2.75, 3.05) is 28.4 Å². The number of phenols is 1. The predicted octanol–water partition coefficient (Wildman–Crippen LogP) is 3.37. The third-order valence-corrected chi connectivity index (χ3v) is 3.92. The molecule has 6 nitrogen and oxygen atoms in total. The van der Waals surface area contributed by atoms with Crippen molar-refractivity contribution < 1.29 is 24.1 Å². The van der Waals surface area contributed by atoms with Gasteiger partial charge in [-0.3, -0.25) is 0 Å². The van der Waals surface area contributed by atoms with Crippen LogP contribution in [0.4, 0.5) is 0 Å². The molecule has 0 amide bonds. The zero-order chi connectivity index (χ0) is 17.3. The fourth-order valence-corrected chi connectivity index (χ4v) is 2.81. The van der Waals surface area contributed by atoms with Gasteiger partial charge in [0.05, 0.1) is 34.0 Å². The maximum atomic E-state index is 10.1. The number of hydrogen-bond donors (Lipinski definition) is 1. The lowest BCUT2D eigenvalue weighted by Gasteiger charge is -2.15. The molecule has 1 aromatic heterocycles. The van der Waals surface area contributed by atoms with E-state index in [9.17, 15) is 5.11 Å². The van der Waals surface area contributed by atoms with Crippen LogP contribution in [0, 0.1) is 0 Å². The average Bonchev–Trinajstić information content (AvgIpc) is 3.03. The number of aromatic hydroxyl groups is 1. The Morgan fingerprint density at radius 3 is 2.08 bits per heavy atom. The predicted molar refractivity (Wildman–Crippen MR) is 91.1 cm³/mol. The van der Waals surface area contributed by atoms with Crippen LogP contribution < -0.4 is 18.9 Å². The van der Waals surface area contributed by atoms with Crippen molar-refractivity contribution in [1.29, 1.82) is 0 Å². The molecule has 0 spiro atoms. The Hall–Kier alpha value is -3.02. The van der Waals surface area contributed by atoms with Crippen molar-refractivity contribution in [3.63, 3.8) is 0 Å². The molecule has 0 atom stereocenters. The summed E-state index contributed by atoms with van der Waals surface area (Å²) in [6.07, 6.45) is 1.90. The van der Waals surface area contributed by atoms with Gasteiger partial charge in [0, 0.05) is 23.3 Å². The van der Waals surface area contributed by atoms with Gasteiger partial charge in [0.15, 0.2) is 23.0 Å². The van der Waals surface area contributed by atoms with Crippen LogP contribution >= 0.6 is 0 Å². The first-order chi connectivity index (χ1) is 11.6. The second-order valence-corrected chi connectivity index (χ2v) is 5.13. The van der Waals surface area contributed by atoms with Crippen LogP contribution in [-0.4, -0.2) is 38.1 Å². The third-order valence-electron chi connectivity index (χ3n) is 3.92. The number of nitrogens with zero attached hydrogens (tertiary/aromatic N) is 1. The molecule has 0 radical (unpaired) electrons. The molecule has 0 fully saturated rings. The van der Waals surface area contributed by atoms with Crippen LogP contribution in [0.5, 0.6) is 28.7 Å². The summed E-state index contributed by atoms with van der Waals surface area (Å²) in [6.45, 7) is 0. The molecule has 0 aliphatic carbocycles. The summed E-state index contributed by atoms with van der Waals surface area (Å²) in [6, 6.07) is 9.03. The normalized spacial score (nSPS) is 10.7. The van der Waals surface area contributed by atoms with E-state index in [1.165, 1.54) is 7.11 Å². The van der Waals surface area contributed by atoms with Crippen molar-refractivity contribution in [1.82, 2.24) is 4.57 Å². The minimum Gasteiger partial charge on any atom is -0.504 e. The minimum absolute atomic E-state index is 0.0660. The first-order valence-electron chi connectivity index (χ1n) is 7.32. The maximum absolute atomic E-state index is 10.1. The van der Waals surface area contributed by atoms with Crippen molar-refractivity contribution in [2.24, 2.45) is 0 Å².